The maximum atomic E-state index is 9.13. The van der Waals surface area contributed by atoms with Crippen LogP contribution in [0.1, 0.15) is 0 Å². The second-order valence-electron chi connectivity index (χ2n) is 2.85. The summed E-state index contributed by atoms with van der Waals surface area (Å²) in [6.07, 6.45) is 0. The van der Waals surface area contributed by atoms with Gasteiger partial charge in [0.25, 0.3) is 0 Å². The molecule has 1 rings (SSSR count). The number of phenolic OH excluding ortho intramolecular Hbond substituents is 2. The fourth-order valence-corrected chi connectivity index (χ4v) is 1.50. The first-order valence-corrected chi connectivity index (χ1v) is 8.60. The van der Waals surface area contributed by atoms with Gasteiger partial charge in [0.05, 0.1) is 5.02 Å². The maximum Gasteiger partial charge on any atom is 0.158 e. The number of aromatic hydroxyl groups is 2. The Bertz CT molecular complexity index is 468. The van der Waals surface area contributed by atoms with Gasteiger partial charge < -0.3 is 48.7 Å². The van der Waals surface area contributed by atoms with Crippen LogP contribution in [0.25, 0.3) is 0 Å². The molecule has 0 saturated carbocycles. The van der Waals surface area contributed by atoms with E-state index in [1.165, 1.54) is 0 Å². The molecule has 0 aliphatic heterocycles. The van der Waals surface area contributed by atoms with Gasteiger partial charge in [-0.15, -0.1) is 0 Å². The Labute approximate surface area is 142 Å². The van der Waals surface area contributed by atoms with Gasteiger partial charge in [0.2, 0.25) is 0 Å². The van der Waals surface area contributed by atoms with Crippen molar-refractivity contribution in [2.24, 2.45) is 0 Å². The molecule has 0 radical (unpaired) electrons. The van der Waals surface area contributed by atoms with Gasteiger partial charge in [-0.2, -0.15) is 15.6 Å². The van der Waals surface area contributed by atoms with Gasteiger partial charge in [-0.1, -0.05) is 46.4 Å². The molecule has 0 aliphatic rings. The van der Waals surface area contributed by atoms with Gasteiger partial charge in [-0.3, -0.25) is 0 Å². The van der Waals surface area contributed by atoms with Crippen molar-refractivity contribution in [1.29, 1.82) is 0 Å². The molecule has 0 heterocycles. The summed E-state index contributed by atoms with van der Waals surface area (Å²) in [5, 5.41) is 17.5. The SMILES string of the molecule is O=P([O-])([O-])[O-].O=P([O-])([O-])[O-].Oc1c(Cl)c(O)c(Cl)c(Cl)c1Cl. The van der Waals surface area contributed by atoms with E-state index in [0.717, 1.165) is 0 Å². The third kappa shape index (κ3) is 12.7. The van der Waals surface area contributed by atoms with Crippen LogP contribution in [0.3, 0.4) is 0 Å². The molecule has 16 heteroatoms. The summed E-state index contributed by atoms with van der Waals surface area (Å²) in [7, 11) is -10.8. The molecule has 0 aromatic heterocycles. The Hall–Kier alpha value is 0.200. The minimum absolute atomic E-state index is 0.127. The van der Waals surface area contributed by atoms with E-state index in [2.05, 4.69) is 0 Å². The molecule has 1 aromatic carbocycles. The lowest BCUT2D eigenvalue weighted by molar-refractivity contribution is -0.434. The molecular formula is C6H2Cl4O10P2-6. The Balaban J connectivity index is 0. The Kier molecular flexibility index (Phi) is 10.5. The van der Waals surface area contributed by atoms with Crippen LogP contribution in [0, 0.1) is 0 Å². The van der Waals surface area contributed by atoms with Crippen LogP contribution < -0.4 is 29.4 Å². The summed E-state index contributed by atoms with van der Waals surface area (Å²) in [4.78, 5) is 51.3. The first-order chi connectivity index (χ1) is 9.46. The Morgan fingerprint density at radius 3 is 0.955 bits per heavy atom. The van der Waals surface area contributed by atoms with E-state index in [9.17, 15) is 0 Å². The third-order valence-electron chi connectivity index (χ3n) is 1.22. The van der Waals surface area contributed by atoms with Crippen molar-refractivity contribution >= 4 is 62.0 Å². The van der Waals surface area contributed by atoms with Crippen LogP contribution in [0.2, 0.25) is 20.1 Å². The summed E-state index contributed by atoms with van der Waals surface area (Å²) >= 11 is 21.9. The van der Waals surface area contributed by atoms with Crippen molar-refractivity contribution in [3.8, 4) is 11.5 Å². The van der Waals surface area contributed by atoms with Crippen LogP contribution >= 0.6 is 62.0 Å². The van der Waals surface area contributed by atoms with Crippen molar-refractivity contribution < 1.29 is 48.7 Å². The average molecular weight is 438 g/mol. The maximum absolute atomic E-state index is 9.13. The zero-order chi connectivity index (χ0) is 18.5. The summed E-state index contributed by atoms with van der Waals surface area (Å²) < 4.78 is 17.1. The van der Waals surface area contributed by atoms with E-state index < -0.39 is 27.1 Å². The zero-order valence-corrected chi connectivity index (χ0v) is 14.4. The van der Waals surface area contributed by atoms with E-state index in [1.54, 1.807) is 0 Å². The highest BCUT2D eigenvalue weighted by Gasteiger charge is 2.18. The predicted molar refractivity (Wildman–Crippen MR) is 65.0 cm³/mol. The second-order valence-corrected chi connectivity index (χ2v) is 6.15. The summed E-state index contributed by atoms with van der Waals surface area (Å²) in [5.41, 5.74) is 0. The first kappa shape index (κ1) is 24.5. The molecule has 130 valence electrons. The quantitative estimate of drug-likeness (QED) is 0.260. The average Bonchev–Trinajstić information content (AvgIpc) is 2.27. The molecule has 0 fully saturated rings. The number of phosphoric acid groups is 2. The lowest BCUT2D eigenvalue weighted by atomic mass is 10.3. The zero-order valence-electron chi connectivity index (χ0n) is 9.57. The van der Waals surface area contributed by atoms with E-state index >= 15 is 0 Å². The molecule has 22 heavy (non-hydrogen) atoms. The highest BCUT2D eigenvalue weighted by Crippen LogP contribution is 2.48. The molecule has 1 aromatic rings. The number of benzene rings is 1. The molecule has 0 aliphatic carbocycles. The van der Waals surface area contributed by atoms with Crippen molar-refractivity contribution in [3.05, 3.63) is 20.1 Å². The fraction of sp³-hybridized carbons (Fsp3) is 0. The molecule has 2 N–H and O–H groups in total. The fourth-order valence-electron chi connectivity index (χ4n) is 0.609. The van der Waals surface area contributed by atoms with Gasteiger partial charge in [-0.25, -0.2) is 0 Å². The second kappa shape index (κ2) is 9.48. The smallest absolute Gasteiger partial charge is 0.158 e. The van der Waals surface area contributed by atoms with Crippen LogP contribution in [0.5, 0.6) is 11.5 Å². The monoisotopic (exact) mass is 436 g/mol. The number of halogens is 4. The molecule has 0 bridgehead atoms. The topological polar surface area (TPSA) is 213 Å². The van der Waals surface area contributed by atoms with E-state index in [4.69, 9.17) is 95.1 Å². The number of rotatable bonds is 0. The highest BCUT2D eigenvalue weighted by atomic mass is 35.5. The summed E-state index contributed by atoms with van der Waals surface area (Å²) in [5.74, 6) is -0.963. The van der Waals surface area contributed by atoms with Gasteiger partial charge in [0, 0.05) is 0 Å². The molecule has 0 spiro atoms. The van der Waals surface area contributed by atoms with Gasteiger partial charge in [-0.05, 0) is 0 Å². The number of hydrogen-bond donors (Lipinski definition) is 2. The lowest BCUT2D eigenvalue weighted by Crippen LogP contribution is -2.24. The normalized spacial score (nSPS) is 11.0. The van der Waals surface area contributed by atoms with Crippen molar-refractivity contribution in [2.75, 3.05) is 0 Å². The van der Waals surface area contributed by atoms with Crippen molar-refractivity contribution in [2.45, 2.75) is 0 Å². The molecule has 0 amide bonds. The molecule has 0 unspecified atom stereocenters. The van der Waals surface area contributed by atoms with Gasteiger partial charge in [0.15, 0.2) is 11.5 Å². The third-order valence-corrected chi connectivity index (χ3v) is 2.88. The minimum Gasteiger partial charge on any atom is -0.822 e. The van der Waals surface area contributed by atoms with E-state index in [0.29, 0.717) is 0 Å². The van der Waals surface area contributed by atoms with E-state index in [1.807, 2.05) is 0 Å². The molecular weight excluding hydrogens is 436 g/mol. The Morgan fingerprint density at radius 2 is 0.773 bits per heavy atom. The highest BCUT2D eigenvalue weighted by molar-refractivity contribution is 7.40. The van der Waals surface area contributed by atoms with Crippen LogP contribution in [-0.4, -0.2) is 10.2 Å². The van der Waals surface area contributed by atoms with E-state index in [-0.39, 0.29) is 20.1 Å². The Morgan fingerprint density at radius 1 is 0.591 bits per heavy atom. The minimum atomic E-state index is -5.39. The first-order valence-electron chi connectivity index (χ1n) is 4.16. The number of hydrogen-bond acceptors (Lipinski definition) is 10. The summed E-state index contributed by atoms with van der Waals surface area (Å²) in [6, 6.07) is 0. The van der Waals surface area contributed by atoms with Crippen LogP contribution in [0.4, 0.5) is 0 Å². The predicted octanol–water partition coefficient (Wildman–Crippen LogP) is -1.94. The standard InChI is InChI=1S/C6H2Cl4O2.2H3O4P/c7-1-2(8)5(11)4(10)6(12)3(1)9;2*1-5(2,3)4/h11-12H;2*(H3,1,2,3,4)/p-6. The van der Waals surface area contributed by atoms with Gasteiger partial charge >= 0.3 is 0 Å². The van der Waals surface area contributed by atoms with Crippen LogP contribution in [-0.2, 0) is 9.13 Å². The number of phenols is 2. The van der Waals surface area contributed by atoms with Crippen molar-refractivity contribution in [3.63, 3.8) is 0 Å². The van der Waals surface area contributed by atoms with Crippen LogP contribution in [0.15, 0.2) is 0 Å². The van der Waals surface area contributed by atoms with Gasteiger partial charge in [0.1, 0.15) is 15.1 Å². The molecule has 0 saturated heterocycles. The summed E-state index contributed by atoms with van der Waals surface area (Å²) in [6.45, 7) is 0. The molecule has 10 nitrogen and oxygen atoms in total. The molecule has 0 atom stereocenters. The lowest BCUT2D eigenvalue weighted by Gasteiger charge is -2.36. The van der Waals surface area contributed by atoms with Crippen molar-refractivity contribution in [1.82, 2.24) is 0 Å². The largest absolute Gasteiger partial charge is 0.822 e.